The standard InChI is InChI=1S/C20H24FN10O9PS/c21-8-11(33)7(39-18(8)30-4-26-9-14(22)24-3-25-15(9)30)2-37-41(36,42)40-13-12(34)6(1-32)38-19(13)31-5-27-10-16(31)28-20(23)29-17(10)35/h3-8,11-13,18-19,32-34H,1-2H2,(H,36,42)(H2,22,24,25)(H3,23,28,29,35)/t6-,7-,8+,11?,12?,13+,18-,19-,41-/m1/s1. The third kappa shape index (κ3) is 4.91. The molecule has 6 rings (SSSR count). The monoisotopic (exact) mass is 630 g/mol. The number of nitrogens with two attached hydrogens (primary N) is 2. The Labute approximate surface area is 238 Å². The van der Waals surface area contributed by atoms with Gasteiger partial charge in [0.2, 0.25) is 5.95 Å². The molecule has 0 radical (unpaired) electrons. The minimum absolute atomic E-state index is 0.0443. The molecule has 0 spiro atoms. The molecule has 0 bridgehead atoms. The fraction of sp³-hybridized carbons (Fsp3) is 0.500. The first-order chi connectivity index (χ1) is 20.0. The zero-order valence-corrected chi connectivity index (χ0v) is 22.9. The molecule has 2 aliphatic rings. The van der Waals surface area contributed by atoms with Gasteiger partial charge in [0.15, 0.2) is 41.3 Å². The summed E-state index contributed by atoms with van der Waals surface area (Å²) in [5.41, 5.74) is 11.0. The molecule has 2 aliphatic heterocycles. The van der Waals surface area contributed by atoms with E-state index in [9.17, 15) is 24.7 Å². The average Bonchev–Trinajstić information content (AvgIpc) is 3.69. The second-order valence-electron chi connectivity index (χ2n) is 9.43. The topological polar surface area (TPSA) is 274 Å². The summed E-state index contributed by atoms with van der Waals surface area (Å²) in [5, 5.41) is 30.9. The van der Waals surface area contributed by atoms with Gasteiger partial charge in [0, 0.05) is 0 Å². The van der Waals surface area contributed by atoms with E-state index < -0.39 is 74.7 Å². The highest BCUT2D eigenvalue weighted by atomic mass is 32.7. The number of rotatable bonds is 8. The number of imidazole rings is 2. The number of aromatic amines is 1. The lowest BCUT2D eigenvalue weighted by atomic mass is 10.1. The number of hydrogen-bond acceptors (Lipinski definition) is 16. The van der Waals surface area contributed by atoms with E-state index in [-0.39, 0.29) is 34.1 Å². The molecule has 8 N–H and O–H groups in total. The molecule has 4 aromatic heterocycles. The Morgan fingerprint density at radius 1 is 1.05 bits per heavy atom. The normalized spacial score (nSPS) is 31.3. The molecule has 2 fully saturated rings. The number of ether oxygens (including phenoxy) is 2. The van der Waals surface area contributed by atoms with Gasteiger partial charge < -0.3 is 36.3 Å². The van der Waals surface area contributed by atoms with Crippen LogP contribution >= 0.6 is 19.0 Å². The number of nitrogens with one attached hydrogen (secondary N) is 1. The van der Waals surface area contributed by atoms with Crippen molar-refractivity contribution in [2.24, 2.45) is 0 Å². The summed E-state index contributed by atoms with van der Waals surface area (Å²) in [5.74, 6) is -0.165. The van der Waals surface area contributed by atoms with Crippen LogP contribution in [0.3, 0.4) is 0 Å². The van der Waals surface area contributed by atoms with Gasteiger partial charge in [-0.3, -0.25) is 28.0 Å². The molecular weight excluding hydrogens is 606 g/mol. The van der Waals surface area contributed by atoms with Crippen LogP contribution in [0.25, 0.3) is 22.3 Å². The summed E-state index contributed by atoms with van der Waals surface area (Å²) in [6.45, 7) is -5.71. The predicted octanol–water partition coefficient (Wildman–Crippen LogP) is -1.59. The fourth-order valence-corrected chi connectivity index (χ4v) is 6.27. The van der Waals surface area contributed by atoms with E-state index >= 15 is 4.39 Å². The van der Waals surface area contributed by atoms with E-state index in [4.69, 9.17) is 30.0 Å². The van der Waals surface area contributed by atoms with Crippen LogP contribution in [0.2, 0.25) is 0 Å². The Kier molecular flexibility index (Phi) is 7.40. The third-order valence-electron chi connectivity index (χ3n) is 6.83. The van der Waals surface area contributed by atoms with Crippen molar-refractivity contribution in [3.8, 4) is 0 Å². The number of halogens is 1. The molecule has 6 heterocycles. The van der Waals surface area contributed by atoms with E-state index in [2.05, 4.69) is 42.2 Å². The number of nitrogens with zero attached hydrogens (tertiary/aromatic N) is 7. The van der Waals surface area contributed by atoms with Crippen LogP contribution in [-0.2, 0) is 23.1 Å². The lowest BCUT2D eigenvalue weighted by Crippen LogP contribution is -2.35. The Balaban J connectivity index is 1.19. The number of hydrogen-bond donors (Lipinski definition) is 7. The molecular formula is C20H24FN10O9PS. The van der Waals surface area contributed by atoms with E-state index in [1.165, 1.54) is 15.5 Å². The van der Waals surface area contributed by atoms with Crippen LogP contribution in [0, 0.1) is 0 Å². The number of aliphatic hydroxyl groups excluding tert-OH is 3. The predicted molar refractivity (Wildman–Crippen MR) is 142 cm³/mol. The van der Waals surface area contributed by atoms with Gasteiger partial charge in [-0.25, -0.2) is 28.9 Å². The molecule has 0 saturated carbocycles. The number of anilines is 2. The fourth-order valence-electron chi connectivity index (χ4n) is 4.81. The van der Waals surface area contributed by atoms with E-state index in [1.807, 2.05) is 0 Å². The number of H-pyrrole nitrogens is 1. The largest absolute Gasteiger partial charge is 0.394 e. The van der Waals surface area contributed by atoms with Gasteiger partial charge in [-0.15, -0.1) is 0 Å². The smallest absolute Gasteiger partial charge is 0.386 e. The van der Waals surface area contributed by atoms with Crippen molar-refractivity contribution in [3.05, 3.63) is 29.3 Å². The van der Waals surface area contributed by atoms with Crippen molar-refractivity contribution in [3.63, 3.8) is 0 Å². The highest BCUT2D eigenvalue weighted by molar-refractivity contribution is 8.44. The number of aliphatic hydroxyl groups is 3. The maximum Gasteiger partial charge on any atom is 0.386 e. The lowest BCUT2D eigenvalue weighted by Gasteiger charge is -2.25. The zero-order valence-electron chi connectivity index (χ0n) is 21.1. The van der Waals surface area contributed by atoms with Crippen molar-refractivity contribution in [1.29, 1.82) is 0 Å². The van der Waals surface area contributed by atoms with Crippen molar-refractivity contribution < 1.29 is 42.8 Å². The van der Waals surface area contributed by atoms with Gasteiger partial charge in [0.25, 0.3) is 5.56 Å². The molecule has 22 heteroatoms. The maximum atomic E-state index is 15.1. The maximum absolute atomic E-state index is 15.1. The summed E-state index contributed by atoms with van der Waals surface area (Å²) in [6.07, 6.45) is -8.45. The molecule has 0 aromatic carbocycles. The average molecular weight is 631 g/mol. The van der Waals surface area contributed by atoms with Crippen molar-refractivity contribution in [1.82, 2.24) is 39.0 Å². The molecule has 2 unspecified atom stereocenters. The summed E-state index contributed by atoms with van der Waals surface area (Å²) in [7, 11) is 0. The first-order valence-electron chi connectivity index (χ1n) is 12.2. The molecule has 226 valence electrons. The van der Waals surface area contributed by atoms with Crippen molar-refractivity contribution in [2.45, 2.75) is 49.1 Å². The molecule has 42 heavy (non-hydrogen) atoms. The zero-order chi connectivity index (χ0) is 29.9. The molecule has 0 amide bonds. The van der Waals surface area contributed by atoms with E-state index in [1.54, 1.807) is 0 Å². The van der Waals surface area contributed by atoms with Crippen LogP contribution < -0.4 is 17.0 Å². The highest BCUT2D eigenvalue weighted by Crippen LogP contribution is 2.57. The summed E-state index contributed by atoms with van der Waals surface area (Å²) in [6, 6.07) is 0. The second-order valence-corrected chi connectivity index (χ2v) is 12.3. The van der Waals surface area contributed by atoms with Gasteiger partial charge in [0.1, 0.15) is 42.4 Å². The van der Waals surface area contributed by atoms with Crippen molar-refractivity contribution in [2.75, 3.05) is 24.7 Å². The summed E-state index contributed by atoms with van der Waals surface area (Å²) >= 11 is 3.96. The highest BCUT2D eigenvalue weighted by Gasteiger charge is 2.50. The summed E-state index contributed by atoms with van der Waals surface area (Å²) in [4.78, 5) is 34.4. The van der Waals surface area contributed by atoms with E-state index in [0.29, 0.717) is 0 Å². The van der Waals surface area contributed by atoms with Gasteiger partial charge >= 0.3 is 6.80 Å². The minimum atomic E-state index is -4.40. The van der Waals surface area contributed by atoms with Gasteiger partial charge in [-0.05, 0) is 0 Å². The Hall–Kier alpha value is -3.27. The first kappa shape index (κ1) is 28.8. The molecule has 0 aliphatic carbocycles. The van der Waals surface area contributed by atoms with E-state index in [0.717, 1.165) is 12.7 Å². The first-order valence-corrected chi connectivity index (χ1v) is 14.9. The Morgan fingerprint density at radius 3 is 2.48 bits per heavy atom. The van der Waals surface area contributed by atoms with Crippen LogP contribution in [0.4, 0.5) is 16.2 Å². The molecule has 9 atom stereocenters. The van der Waals surface area contributed by atoms with Crippen LogP contribution in [0.1, 0.15) is 12.5 Å². The Morgan fingerprint density at radius 2 is 1.74 bits per heavy atom. The summed E-state index contributed by atoms with van der Waals surface area (Å²) < 4.78 is 52.9. The Bertz CT molecular complexity index is 1740. The molecule has 4 aromatic rings. The minimum Gasteiger partial charge on any atom is -0.394 e. The number of fused-ring (bicyclic) bond motifs is 2. The van der Waals surface area contributed by atoms with Gasteiger partial charge in [-0.2, -0.15) is 4.98 Å². The van der Waals surface area contributed by atoms with Crippen molar-refractivity contribution >= 4 is 53.1 Å². The number of aromatic nitrogens is 8. The third-order valence-corrected chi connectivity index (χ3v) is 8.44. The van der Waals surface area contributed by atoms with Crippen LogP contribution in [0.5, 0.6) is 0 Å². The lowest BCUT2D eigenvalue weighted by molar-refractivity contribution is -0.0534. The SMILES string of the molecule is Nc1nc2c(ncn2[C@@H]2O[C@H](CO)C(O)[C@@H]2O[P@](=O)(S)OC[C@H]2O[C@@H](n3cnc4c(N)ncnc43)[C@@H](F)C2O)c(=O)[nH]1. The van der Waals surface area contributed by atoms with Crippen LogP contribution in [-0.4, -0.2) is 104 Å². The van der Waals surface area contributed by atoms with Gasteiger partial charge in [-0.1, -0.05) is 12.2 Å². The number of alkyl halides is 1. The number of thiol groups is 1. The van der Waals surface area contributed by atoms with Gasteiger partial charge in [0.05, 0.1) is 25.9 Å². The number of nitrogen functional groups attached to an aromatic ring is 2. The molecule has 2 saturated heterocycles. The molecule has 19 nitrogen and oxygen atoms in total. The second kappa shape index (κ2) is 10.8. The van der Waals surface area contributed by atoms with Crippen LogP contribution in [0.15, 0.2) is 23.8 Å². The quantitative estimate of drug-likeness (QED) is 0.0854.